The lowest BCUT2D eigenvalue weighted by Crippen LogP contribution is -2.07. The fourth-order valence-corrected chi connectivity index (χ4v) is 2.35. The van der Waals surface area contributed by atoms with Gasteiger partial charge >= 0.3 is 0 Å². The first-order valence-electron chi connectivity index (χ1n) is 6.07. The van der Waals surface area contributed by atoms with Crippen LogP contribution in [0.2, 0.25) is 5.02 Å². The van der Waals surface area contributed by atoms with Gasteiger partial charge in [-0.05, 0) is 37.5 Å². The SMILES string of the molecule is Cc1nc(CCc2cccc(Cl)c2)c(CN)n1C. The normalized spacial score (nSPS) is 10.9. The zero-order chi connectivity index (χ0) is 13.1. The van der Waals surface area contributed by atoms with Crippen LogP contribution in [0.1, 0.15) is 22.8 Å². The van der Waals surface area contributed by atoms with E-state index in [1.54, 1.807) is 0 Å². The average Bonchev–Trinajstić information content (AvgIpc) is 2.62. The van der Waals surface area contributed by atoms with Crippen LogP contribution in [0.3, 0.4) is 0 Å². The van der Waals surface area contributed by atoms with Crippen molar-refractivity contribution in [2.75, 3.05) is 0 Å². The van der Waals surface area contributed by atoms with Crippen LogP contribution in [0, 0.1) is 6.92 Å². The average molecular weight is 264 g/mol. The van der Waals surface area contributed by atoms with Crippen molar-refractivity contribution in [3.63, 3.8) is 0 Å². The Kier molecular flexibility index (Phi) is 4.04. The zero-order valence-electron chi connectivity index (χ0n) is 10.8. The summed E-state index contributed by atoms with van der Waals surface area (Å²) >= 11 is 5.97. The molecule has 1 aromatic carbocycles. The summed E-state index contributed by atoms with van der Waals surface area (Å²) in [6.07, 6.45) is 1.83. The van der Waals surface area contributed by atoms with Crippen molar-refractivity contribution in [3.05, 3.63) is 52.1 Å². The van der Waals surface area contributed by atoms with E-state index in [1.807, 2.05) is 32.2 Å². The van der Waals surface area contributed by atoms with E-state index in [-0.39, 0.29) is 0 Å². The molecule has 0 saturated carbocycles. The van der Waals surface area contributed by atoms with Gasteiger partial charge in [-0.15, -0.1) is 0 Å². The molecular weight excluding hydrogens is 246 g/mol. The van der Waals surface area contributed by atoms with Crippen molar-refractivity contribution in [3.8, 4) is 0 Å². The number of hydrogen-bond donors (Lipinski definition) is 1. The zero-order valence-corrected chi connectivity index (χ0v) is 11.5. The molecule has 0 bridgehead atoms. The second-order valence-electron chi connectivity index (χ2n) is 4.45. The molecule has 2 N–H and O–H groups in total. The summed E-state index contributed by atoms with van der Waals surface area (Å²) in [5.74, 6) is 1.01. The van der Waals surface area contributed by atoms with Gasteiger partial charge in [0.1, 0.15) is 5.82 Å². The fraction of sp³-hybridized carbons (Fsp3) is 0.357. The van der Waals surface area contributed by atoms with Crippen LogP contribution in [0.25, 0.3) is 0 Å². The maximum absolute atomic E-state index is 5.97. The third-order valence-corrected chi connectivity index (χ3v) is 3.49. The monoisotopic (exact) mass is 263 g/mol. The molecule has 4 heteroatoms. The largest absolute Gasteiger partial charge is 0.334 e. The van der Waals surface area contributed by atoms with Crippen molar-refractivity contribution in [2.24, 2.45) is 12.8 Å². The molecule has 1 aromatic heterocycles. The molecule has 0 aliphatic rings. The molecule has 2 aromatic rings. The summed E-state index contributed by atoms with van der Waals surface area (Å²) in [6, 6.07) is 7.95. The first-order valence-corrected chi connectivity index (χ1v) is 6.45. The molecule has 0 aliphatic heterocycles. The van der Waals surface area contributed by atoms with Gasteiger partial charge in [0.25, 0.3) is 0 Å². The highest BCUT2D eigenvalue weighted by Crippen LogP contribution is 2.15. The highest BCUT2D eigenvalue weighted by atomic mass is 35.5. The minimum Gasteiger partial charge on any atom is -0.334 e. The van der Waals surface area contributed by atoms with E-state index in [0.29, 0.717) is 6.54 Å². The topological polar surface area (TPSA) is 43.8 Å². The van der Waals surface area contributed by atoms with Gasteiger partial charge in [0, 0.05) is 18.6 Å². The molecule has 2 rings (SSSR count). The molecule has 18 heavy (non-hydrogen) atoms. The number of aromatic nitrogens is 2. The molecule has 0 unspecified atom stereocenters. The van der Waals surface area contributed by atoms with Crippen LogP contribution >= 0.6 is 11.6 Å². The van der Waals surface area contributed by atoms with Crippen LogP contribution in [-0.4, -0.2) is 9.55 Å². The Balaban J connectivity index is 2.13. The van der Waals surface area contributed by atoms with E-state index >= 15 is 0 Å². The minimum absolute atomic E-state index is 0.530. The summed E-state index contributed by atoms with van der Waals surface area (Å²) in [7, 11) is 2.01. The van der Waals surface area contributed by atoms with Gasteiger partial charge in [-0.1, -0.05) is 23.7 Å². The van der Waals surface area contributed by atoms with Crippen molar-refractivity contribution in [1.29, 1.82) is 0 Å². The van der Waals surface area contributed by atoms with Gasteiger partial charge < -0.3 is 10.3 Å². The van der Waals surface area contributed by atoms with E-state index in [4.69, 9.17) is 17.3 Å². The third-order valence-electron chi connectivity index (χ3n) is 3.25. The van der Waals surface area contributed by atoms with Gasteiger partial charge in [-0.25, -0.2) is 4.98 Å². The summed E-state index contributed by atoms with van der Waals surface area (Å²) in [6.45, 7) is 2.53. The van der Waals surface area contributed by atoms with Crippen molar-refractivity contribution in [2.45, 2.75) is 26.3 Å². The van der Waals surface area contributed by atoms with E-state index < -0.39 is 0 Å². The van der Waals surface area contributed by atoms with Gasteiger partial charge in [-0.2, -0.15) is 0 Å². The number of aryl methyl sites for hydroxylation is 3. The third kappa shape index (κ3) is 2.74. The molecule has 0 amide bonds. The molecule has 0 saturated heterocycles. The number of benzene rings is 1. The highest BCUT2D eigenvalue weighted by Gasteiger charge is 2.10. The molecule has 3 nitrogen and oxygen atoms in total. The Morgan fingerprint density at radius 2 is 2.11 bits per heavy atom. The molecule has 0 aliphatic carbocycles. The molecule has 96 valence electrons. The lowest BCUT2D eigenvalue weighted by atomic mass is 10.1. The lowest BCUT2D eigenvalue weighted by Gasteiger charge is -2.04. The van der Waals surface area contributed by atoms with Crippen LogP contribution < -0.4 is 5.73 Å². The molecule has 0 spiro atoms. The number of hydrogen-bond acceptors (Lipinski definition) is 2. The Morgan fingerprint density at radius 3 is 2.78 bits per heavy atom. The Labute approximate surface area is 113 Å². The number of halogens is 1. The standard InChI is InChI=1S/C14H18ClN3/c1-10-17-13(14(9-16)18(10)2)7-6-11-4-3-5-12(15)8-11/h3-5,8H,6-7,9,16H2,1-2H3. The van der Waals surface area contributed by atoms with Crippen LogP contribution in [-0.2, 0) is 26.4 Å². The Hall–Kier alpha value is -1.32. The highest BCUT2D eigenvalue weighted by molar-refractivity contribution is 6.30. The predicted molar refractivity (Wildman–Crippen MR) is 74.7 cm³/mol. The Morgan fingerprint density at radius 1 is 1.33 bits per heavy atom. The maximum atomic E-state index is 5.97. The second kappa shape index (κ2) is 5.55. The van der Waals surface area contributed by atoms with Crippen molar-refractivity contribution in [1.82, 2.24) is 9.55 Å². The van der Waals surface area contributed by atoms with Gasteiger partial charge in [0.05, 0.1) is 11.4 Å². The fourth-order valence-electron chi connectivity index (χ4n) is 2.13. The second-order valence-corrected chi connectivity index (χ2v) is 4.88. The van der Waals surface area contributed by atoms with Gasteiger partial charge in [0.15, 0.2) is 0 Å². The predicted octanol–water partition coefficient (Wildman–Crippen LogP) is 2.63. The molecule has 0 radical (unpaired) electrons. The first kappa shape index (κ1) is 13.1. The van der Waals surface area contributed by atoms with E-state index in [2.05, 4.69) is 15.6 Å². The number of imidazole rings is 1. The van der Waals surface area contributed by atoms with Crippen LogP contribution in [0.4, 0.5) is 0 Å². The maximum Gasteiger partial charge on any atom is 0.105 e. The number of nitrogens with zero attached hydrogens (tertiary/aromatic N) is 2. The molecule has 0 fully saturated rings. The van der Waals surface area contributed by atoms with Crippen molar-refractivity contribution >= 4 is 11.6 Å². The molecular formula is C14H18ClN3. The van der Waals surface area contributed by atoms with Crippen LogP contribution in [0.5, 0.6) is 0 Å². The summed E-state index contributed by atoms with van der Waals surface area (Å²) < 4.78 is 2.06. The van der Waals surface area contributed by atoms with E-state index in [0.717, 1.165) is 35.1 Å². The molecule has 0 atom stereocenters. The Bertz CT molecular complexity index is 546. The van der Waals surface area contributed by atoms with Crippen LogP contribution in [0.15, 0.2) is 24.3 Å². The number of nitrogens with two attached hydrogens (primary N) is 1. The lowest BCUT2D eigenvalue weighted by molar-refractivity contribution is 0.779. The van der Waals surface area contributed by atoms with Crippen molar-refractivity contribution < 1.29 is 0 Å². The summed E-state index contributed by atoms with van der Waals surface area (Å²) in [5.41, 5.74) is 9.22. The van der Waals surface area contributed by atoms with Gasteiger partial charge in [-0.3, -0.25) is 0 Å². The quantitative estimate of drug-likeness (QED) is 0.922. The number of rotatable bonds is 4. The smallest absolute Gasteiger partial charge is 0.105 e. The summed E-state index contributed by atoms with van der Waals surface area (Å²) in [5, 5.41) is 0.781. The molecule has 1 heterocycles. The summed E-state index contributed by atoms with van der Waals surface area (Å²) in [4.78, 5) is 4.57. The minimum atomic E-state index is 0.530. The first-order chi connectivity index (χ1) is 8.61. The van der Waals surface area contributed by atoms with Gasteiger partial charge in [0.2, 0.25) is 0 Å². The van der Waals surface area contributed by atoms with E-state index in [9.17, 15) is 0 Å². The van der Waals surface area contributed by atoms with E-state index in [1.165, 1.54) is 5.56 Å².